The van der Waals surface area contributed by atoms with E-state index in [0.29, 0.717) is 25.9 Å². The summed E-state index contributed by atoms with van der Waals surface area (Å²) in [6, 6.07) is 16.6. The first-order chi connectivity index (χ1) is 13.5. The molecule has 2 aliphatic heterocycles. The summed E-state index contributed by atoms with van der Waals surface area (Å²) in [5, 5.41) is 0. The third kappa shape index (κ3) is 3.87. The van der Waals surface area contributed by atoms with E-state index in [9.17, 15) is 8.42 Å². The molecule has 2 aliphatic rings. The van der Waals surface area contributed by atoms with E-state index in [-0.39, 0.29) is 5.75 Å². The number of nitrogens with zero attached hydrogens (tertiary/aromatic N) is 1. The summed E-state index contributed by atoms with van der Waals surface area (Å²) in [4.78, 5) is 0. The van der Waals surface area contributed by atoms with E-state index in [1.165, 1.54) is 11.1 Å². The van der Waals surface area contributed by atoms with Crippen molar-refractivity contribution in [1.29, 1.82) is 0 Å². The molecule has 28 heavy (non-hydrogen) atoms. The average Bonchev–Trinajstić information content (AvgIpc) is 2.73. The van der Waals surface area contributed by atoms with Gasteiger partial charge < -0.3 is 4.74 Å². The molecule has 148 valence electrons. The molecule has 2 aromatic rings. The van der Waals surface area contributed by atoms with Crippen LogP contribution < -0.4 is 4.74 Å². The SMILES string of the molecule is CCCCS(=O)(=O)N1CCC2(C=Cc3cc(-c4ccccc4)ccc3O2)CC1. The molecule has 1 saturated heterocycles. The molecular formula is C23H27NO3S. The van der Waals surface area contributed by atoms with Gasteiger partial charge in [0.2, 0.25) is 10.0 Å². The minimum atomic E-state index is -3.14. The summed E-state index contributed by atoms with van der Waals surface area (Å²) in [6.45, 7) is 3.06. The zero-order valence-electron chi connectivity index (χ0n) is 16.3. The lowest BCUT2D eigenvalue weighted by Gasteiger charge is -2.41. The van der Waals surface area contributed by atoms with Gasteiger partial charge in [-0.05, 0) is 35.8 Å². The summed E-state index contributed by atoms with van der Waals surface area (Å²) in [5.41, 5.74) is 3.04. The Morgan fingerprint density at radius 3 is 2.50 bits per heavy atom. The van der Waals surface area contributed by atoms with Crippen molar-refractivity contribution < 1.29 is 13.2 Å². The number of unbranched alkanes of at least 4 members (excludes halogenated alkanes) is 1. The lowest BCUT2D eigenvalue weighted by atomic mass is 9.88. The maximum absolute atomic E-state index is 12.5. The number of sulfonamides is 1. The van der Waals surface area contributed by atoms with Crippen LogP contribution in [0.3, 0.4) is 0 Å². The van der Waals surface area contributed by atoms with Crippen molar-refractivity contribution in [3.05, 3.63) is 60.2 Å². The highest BCUT2D eigenvalue weighted by atomic mass is 32.2. The Kier molecular flexibility index (Phi) is 5.30. The van der Waals surface area contributed by atoms with Crippen LogP contribution in [0.1, 0.15) is 38.2 Å². The molecule has 0 saturated carbocycles. The zero-order valence-corrected chi connectivity index (χ0v) is 17.1. The minimum Gasteiger partial charge on any atom is -0.482 e. The third-order valence-corrected chi connectivity index (χ3v) is 7.67. The second-order valence-corrected chi connectivity index (χ2v) is 9.78. The normalized spacial score (nSPS) is 18.6. The molecule has 2 aromatic carbocycles. The Balaban J connectivity index is 1.48. The summed E-state index contributed by atoms with van der Waals surface area (Å²) in [7, 11) is -3.14. The van der Waals surface area contributed by atoms with Crippen molar-refractivity contribution in [2.45, 2.75) is 38.2 Å². The van der Waals surface area contributed by atoms with Crippen molar-refractivity contribution in [3.63, 3.8) is 0 Å². The number of piperidine rings is 1. The summed E-state index contributed by atoms with van der Waals surface area (Å²) in [5.74, 6) is 1.13. The molecule has 0 bridgehead atoms. The van der Waals surface area contributed by atoms with Gasteiger partial charge in [0.15, 0.2) is 0 Å². The van der Waals surface area contributed by atoms with Gasteiger partial charge in [-0.3, -0.25) is 0 Å². The summed E-state index contributed by atoms with van der Waals surface area (Å²) >= 11 is 0. The van der Waals surface area contributed by atoms with Gasteiger partial charge in [0, 0.05) is 31.5 Å². The summed E-state index contributed by atoms with van der Waals surface area (Å²) < 4.78 is 32.9. The van der Waals surface area contributed by atoms with E-state index in [4.69, 9.17) is 4.74 Å². The number of fused-ring (bicyclic) bond motifs is 1. The van der Waals surface area contributed by atoms with Gasteiger partial charge in [0.1, 0.15) is 11.4 Å². The fraction of sp³-hybridized carbons (Fsp3) is 0.391. The number of hydrogen-bond acceptors (Lipinski definition) is 3. The van der Waals surface area contributed by atoms with Gasteiger partial charge in [-0.2, -0.15) is 0 Å². The lowest BCUT2D eigenvalue weighted by Crippen LogP contribution is -2.49. The molecule has 5 heteroatoms. The smallest absolute Gasteiger partial charge is 0.214 e. The maximum Gasteiger partial charge on any atom is 0.214 e. The quantitative estimate of drug-likeness (QED) is 0.733. The van der Waals surface area contributed by atoms with Crippen LogP contribution in [0.15, 0.2) is 54.6 Å². The largest absolute Gasteiger partial charge is 0.482 e. The van der Waals surface area contributed by atoms with Gasteiger partial charge in [0.05, 0.1) is 5.75 Å². The van der Waals surface area contributed by atoms with Crippen molar-refractivity contribution in [2.75, 3.05) is 18.8 Å². The number of ether oxygens (including phenoxy) is 1. The molecule has 1 fully saturated rings. The Labute approximate surface area is 167 Å². The van der Waals surface area contributed by atoms with Crippen LogP contribution >= 0.6 is 0 Å². The predicted molar refractivity (Wildman–Crippen MR) is 114 cm³/mol. The second kappa shape index (κ2) is 7.72. The van der Waals surface area contributed by atoms with Crippen LogP contribution in [-0.2, 0) is 10.0 Å². The zero-order chi connectivity index (χ0) is 19.6. The van der Waals surface area contributed by atoms with E-state index in [2.05, 4.69) is 36.4 Å². The molecule has 4 nitrogen and oxygen atoms in total. The highest BCUT2D eigenvalue weighted by Gasteiger charge is 2.39. The monoisotopic (exact) mass is 397 g/mol. The molecule has 4 rings (SSSR count). The first-order valence-electron chi connectivity index (χ1n) is 10.1. The molecule has 1 spiro atoms. The van der Waals surface area contributed by atoms with Crippen LogP contribution in [-0.4, -0.2) is 37.2 Å². The van der Waals surface area contributed by atoms with Gasteiger partial charge in [0.25, 0.3) is 0 Å². The minimum absolute atomic E-state index is 0.248. The molecule has 0 N–H and O–H groups in total. The highest BCUT2D eigenvalue weighted by molar-refractivity contribution is 7.89. The number of rotatable bonds is 5. The lowest BCUT2D eigenvalue weighted by molar-refractivity contribution is 0.0620. The topological polar surface area (TPSA) is 46.6 Å². The predicted octanol–water partition coefficient (Wildman–Crippen LogP) is 4.72. The number of hydrogen-bond donors (Lipinski definition) is 0. The molecule has 0 unspecified atom stereocenters. The highest BCUT2D eigenvalue weighted by Crippen LogP contribution is 2.39. The average molecular weight is 398 g/mol. The van der Waals surface area contributed by atoms with E-state index < -0.39 is 15.6 Å². The van der Waals surface area contributed by atoms with E-state index >= 15 is 0 Å². The van der Waals surface area contributed by atoms with Crippen LogP contribution in [0.25, 0.3) is 17.2 Å². The molecule has 0 aliphatic carbocycles. The molecule has 0 atom stereocenters. The Bertz CT molecular complexity index is 959. The first-order valence-corrected chi connectivity index (χ1v) is 11.7. The Hall–Kier alpha value is -2.11. The van der Waals surface area contributed by atoms with Crippen molar-refractivity contribution in [3.8, 4) is 16.9 Å². The second-order valence-electron chi connectivity index (χ2n) is 7.69. The molecular weight excluding hydrogens is 370 g/mol. The maximum atomic E-state index is 12.5. The summed E-state index contributed by atoms with van der Waals surface area (Å²) in [6.07, 6.45) is 7.25. The number of benzene rings is 2. The van der Waals surface area contributed by atoms with Gasteiger partial charge in [-0.15, -0.1) is 0 Å². The van der Waals surface area contributed by atoms with Crippen LogP contribution in [0.5, 0.6) is 5.75 Å². The van der Waals surface area contributed by atoms with Crippen molar-refractivity contribution in [2.24, 2.45) is 0 Å². The standard InChI is InChI=1S/C23H27NO3S/c1-2-3-17-28(25,26)24-15-13-23(14-16-24)12-11-21-18-20(9-10-22(21)27-23)19-7-5-4-6-8-19/h4-12,18H,2-3,13-17H2,1H3. The molecule has 0 amide bonds. The molecule has 0 aromatic heterocycles. The first kappa shape index (κ1) is 19.2. The van der Waals surface area contributed by atoms with Gasteiger partial charge in [-0.1, -0.05) is 55.8 Å². The fourth-order valence-corrected chi connectivity index (χ4v) is 5.59. The van der Waals surface area contributed by atoms with E-state index in [1.807, 2.05) is 31.2 Å². The van der Waals surface area contributed by atoms with E-state index in [1.54, 1.807) is 4.31 Å². The fourth-order valence-electron chi connectivity index (χ4n) is 3.94. The van der Waals surface area contributed by atoms with Crippen LogP contribution in [0.4, 0.5) is 0 Å². The van der Waals surface area contributed by atoms with Crippen LogP contribution in [0, 0.1) is 0 Å². The Morgan fingerprint density at radius 2 is 1.79 bits per heavy atom. The Morgan fingerprint density at radius 1 is 1.04 bits per heavy atom. The van der Waals surface area contributed by atoms with Crippen LogP contribution in [0.2, 0.25) is 0 Å². The molecule has 2 heterocycles. The third-order valence-electron chi connectivity index (χ3n) is 5.71. The van der Waals surface area contributed by atoms with E-state index in [0.717, 1.165) is 24.2 Å². The van der Waals surface area contributed by atoms with Crippen molar-refractivity contribution in [1.82, 2.24) is 4.31 Å². The molecule has 0 radical (unpaired) electrons. The van der Waals surface area contributed by atoms with Gasteiger partial charge in [-0.25, -0.2) is 12.7 Å². The van der Waals surface area contributed by atoms with Crippen molar-refractivity contribution >= 4 is 16.1 Å². The van der Waals surface area contributed by atoms with Gasteiger partial charge >= 0.3 is 0 Å².